The average Bonchev–Trinajstić information content (AvgIpc) is 3.35. The van der Waals surface area contributed by atoms with Gasteiger partial charge in [0.15, 0.2) is 0 Å². The molecule has 2 aromatic heterocycles. The van der Waals surface area contributed by atoms with Crippen molar-refractivity contribution in [3.63, 3.8) is 0 Å². The molecule has 0 fully saturated rings. The van der Waals surface area contributed by atoms with Crippen molar-refractivity contribution in [2.75, 3.05) is 11.1 Å². The molecule has 0 aliphatic heterocycles. The molecule has 0 aliphatic rings. The van der Waals surface area contributed by atoms with Gasteiger partial charge in [0, 0.05) is 24.3 Å². The van der Waals surface area contributed by atoms with E-state index in [2.05, 4.69) is 20.2 Å². The fourth-order valence-electron chi connectivity index (χ4n) is 2.61. The maximum Gasteiger partial charge on any atom is 0.292 e. The maximum atomic E-state index is 10.8. The third-order valence-electron chi connectivity index (χ3n) is 4.18. The molecule has 2 aromatic carbocycles. The summed E-state index contributed by atoms with van der Waals surface area (Å²) in [5, 5.41) is 31.4. The number of nitrogens with zero attached hydrogens (tertiary/aromatic N) is 4. The predicted molar refractivity (Wildman–Crippen MR) is 131 cm³/mol. The second-order valence-corrected chi connectivity index (χ2v) is 7.73. The molecule has 0 saturated heterocycles. The fraction of sp³-hybridized carbons (Fsp3) is 0.182. The Morgan fingerprint density at radius 3 is 1.80 bits per heavy atom. The van der Waals surface area contributed by atoms with Gasteiger partial charge >= 0.3 is 0 Å². The first-order valence-electron chi connectivity index (χ1n) is 10.0. The van der Waals surface area contributed by atoms with Crippen molar-refractivity contribution in [2.45, 2.75) is 27.7 Å². The number of hydrogen-bond donors (Lipinski definition) is 2. The van der Waals surface area contributed by atoms with Crippen molar-refractivity contribution in [3.05, 3.63) is 96.3 Å². The third kappa shape index (κ3) is 8.44. The Morgan fingerprint density at radius 2 is 1.37 bits per heavy atom. The molecule has 0 amide bonds. The lowest BCUT2D eigenvalue weighted by molar-refractivity contribution is -0.384. The van der Waals surface area contributed by atoms with Crippen LogP contribution in [0.5, 0.6) is 0 Å². The molecule has 13 heteroatoms. The minimum absolute atomic E-state index is 0.00431. The molecule has 35 heavy (non-hydrogen) atoms. The monoisotopic (exact) mass is 502 g/mol. The van der Waals surface area contributed by atoms with Gasteiger partial charge in [0.2, 0.25) is 11.8 Å². The molecule has 0 unspecified atom stereocenters. The molecule has 0 aliphatic carbocycles. The molecular weight excluding hydrogens is 480 g/mol. The van der Waals surface area contributed by atoms with Gasteiger partial charge in [-0.15, -0.1) is 0 Å². The molecule has 4 rings (SSSR count). The van der Waals surface area contributed by atoms with E-state index in [-0.39, 0.29) is 16.4 Å². The van der Waals surface area contributed by atoms with Crippen LogP contribution in [0.25, 0.3) is 0 Å². The Labute approximate surface area is 205 Å². The summed E-state index contributed by atoms with van der Waals surface area (Å²) in [6, 6.07) is 12.8. The maximum absolute atomic E-state index is 10.8. The number of hydrogen-bond acceptors (Lipinski definition) is 10. The smallest absolute Gasteiger partial charge is 0.292 e. The molecule has 4 aromatic rings. The van der Waals surface area contributed by atoms with Gasteiger partial charge in [0.1, 0.15) is 10.7 Å². The van der Waals surface area contributed by atoms with Crippen molar-refractivity contribution >= 4 is 40.4 Å². The van der Waals surface area contributed by atoms with Crippen LogP contribution in [0, 0.1) is 47.9 Å². The second kappa shape index (κ2) is 12.1. The molecular formula is C22H23ClN6O6. The van der Waals surface area contributed by atoms with Gasteiger partial charge in [0.25, 0.3) is 11.4 Å². The Hall–Kier alpha value is -4.45. The average molecular weight is 503 g/mol. The minimum Gasteiger partial charge on any atom is -0.368 e. The van der Waals surface area contributed by atoms with Crippen molar-refractivity contribution in [1.82, 2.24) is 10.3 Å². The van der Waals surface area contributed by atoms with Gasteiger partial charge in [-0.25, -0.2) is 0 Å². The standard InChI is InChI=1S/C11H11N3O3.C7H6ClNO2.C4H6N2O/c1-7-3-4-10(14(15)16)9(5-7)12-11-6-8(2)13-17-11;1-5-2-3-7(9(10)11)6(8)4-5;1-3-2-4(5)7-6-3/h3-6,12H,1-2H3;2-4H,1H3;2H,5H2,1H3. The highest BCUT2D eigenvalue weighted by atomic mass is 35.5. The van der Waals surface area contributed by atoms with Gasteiger partial charge in [-0.3, -0.25) is 20.2 Å². The van der Waals surface area contributed by atoms with Crippen LogP contribution in [0.3, 0.4) is 0 Å². The molecule has 0 saturated carbocycles. The van der Waals surface area contributed by atoms with Crippen LogP contribution in [0.4, 0.5) is 28.8 Å². The summed E-state index contributed by atoms with van der Waals surface area (Å²) >= 11 is 5.58. The number of rotatable bonds is 4. The van der Waals surface area contributed by atoms with Crippen LogP contribution in [-0.2, 0) is 0 Å². The molecule has 0 atom stereocenters. The fourth-order valence-corrected chi connectivity index (χ4v) is 2.91. The normalized spacial score (nSPS) is 9.86. The Bertz CT molecular complexity index is 1300. The molecule has 2 heterocycles. The van der Waals surface area contributed by atoms with E-state index in [0.29, 0.717) is 23.1 Å². The first kappa shape index (κ1) is 26.8. The zero-order chi connectivity index (χ0) is 26.1. The first-order valence-corrected chi connectivity index (χ1v) is 10.4. The van der Waals surface area contributed by atoms with E-state index < -0.39 is 9.85 Å². The largest absolute Gasteiger partial charge is 0.368 e. The highest BCUT2D eigenvalue weighted by Gasteiger charge is 2.15. The first-order chi connectivity index (χ1) is 16.5. The number of nitrogens with one attached hydrogen (secondary N) is 1. The minimum atomic E-state index is -0.498. The number of anilines is 3. The highest BCUT2D eigenvalue weighted by molar-refractivity contribution is 6.32. The number of benzene rings is 2. The lowest BCUT2D eigenvalue weighted by atomic mass is 10.2. The highest BCUT2D eigenvalue weighted by Crippen LogP contribution is 2.28. The SMILES string of the molecule is Cc1cc(N)on1.Cc1ccc([N+](=O)[O-])c(Cl)c1.Cc1ccc([N+](=O)[O-])c(Nc2cc(C)no2)c1. The van der Waals surface area contributed by atoms with E-state index in [9.17, 15) is 20.2 Å². The molecule has 0 radical (unpaired) electrons. The zero-order valence-corrected chi connectivity index (χ0v) is 20.1. The van der Waals surface area contributed by atoms with Crippen LogP contribution >= 0.6 is 11.6 Å². The van der Waals surface area contributed by atoms with E-state index in [1.807, 2.05) is 20.8 Å². The zero-order valence-electron chi connectivity index (χ0n) is 19.3. The lowest BCUT2D eigenvalue weighted by Gasteiger charge is -2.04. The van der Waals surface area contributed by atoms with Gasteiger partial charge in [-0.1, -0.05) is 34.0 Å². The summed E-state index contributed by atoms with van der Waals surface area (Å²) < 4.78 is 9.45. The van der Waals surface area contributed by atoms with Crippen LogP contribution in [0.15, 0.2) is 57.6 Å². The van der Waals surface area contributed by atoms with E-state index in [1.54, 1.807) is 43.3 Å². The van der Waals surface area contributed by atoms with Gasteiger partial charge in [0.05, 0.1) is 21.2 Å². The summed E-state index contributed by atoms with van der Waals surface area (Å²) in [6.45, 7) is 7.29. The number of halogens is 1. The summed E-state index contributed by atoms with van der Waals surface area (Å²) in [7, 11) is 0. The summed E-state index contributed by atoms with van der Waals surface area (Å²) in [6.07, 6.45) is 0. The van der Waals surface area contributed by atoms with Crippen LogP contribution in [0.2, 0.25) is 5.02 Å². The van der Waals surface area contributed by atoms with Gasteiger partial charge in [-0.05, 0) is 51.0 Å². The van der Waals surface area contributed by atoms with Gasteiger partial charge in [-0.2, -0.15) is 0 Å². The van der Waals surface area contributed by atoms with E-state index >= 15 is 0 Å². The van der Waals surface area contributed by atoms with Crippen molar-refractivity contribution in [2.24, 2.45) is 0 Å². The lowest BCUT2D eigenvalue weighted by Crippen LogP contribution is -1.96. The molecule has 184 valence electrons. The number of aromatic nitrogens is 2. The molecule has 12 nitrogen and oxygen atoms in total. The Kier molecular flexibility index (Phi) is 9.29. The summed E-state index contributed by atoms with van der Waals surface area (Å²) in [5.41, 5.74) is 8.87. The van der Waals surface area contributed by atoms with Crippen LogP contribution in [-0.4, -0.2) is 20.2 Å². The third-order valence-corrected chi connectivity index (χ3v) is 4.48. The number of nitrogens with two attached hydrogens (primary N) is 1. The number of nitro groups is 2. The van der Waals surface area contributed by atoms with Crippen molar-refractivity contribution in [3.8, 4) is 0 Å². The van der Waals surface area contributed by atoms with E-state index in [1.165, 1.54) is 12.1 Å². The molecule has 0 spiro atoms. The number of nitro benzene ring substituents is 2. The van der Waals surface area contributed by atoms with Gasteiger partial charge < -0.3 is 20.1 Å². The topological polar surface area (TPSA) is 176 Å². The van der Waals surface area contributed by atoms with Crippen LogP contribution in [0.1, 0.15) is 22.5 Å². The van der Waals surface area contributed by atoms with Crippen LogP contribution < -0.4 is 11.1 Å². The van der Waals surface area contributed by atoms with E-state index in [4.69, 9.17) is 21.9 Å². The van der Waals surface area contributed by atoms with Crippen molar-refractivity contribution < 1.29 is 18.9 Å². The number of nitrogen functional groups attached to an aromatic ring is 1. The second-order valence-electron chi connectivity index (χ2n) is 7.32. The predicted octanol–water partition coefficient (Wildman–Crippen LogP) is 6.07. The Balaban J connectivity index is 0.000000205. The van der Waals surface area contributed by atoms with Crippen molar-refractivity contribution in [1.29, 1.82) is 0 Å². The summed E-state index contributed by atoms with van der Waals surface area (Å²) in [5.74, 6) is 0.758. The number of aryl methyl sites for hydroxylation is 4. The molecule has 3 N–H and O–H groups in total. The molecule has 0 bridgehead atoms. The quantitative estimate of drug-likeness (QED) is 0.246. The summed E-state index contributed by atoms with van der Waals surface area (Å²) in [4.78, 5) is 20.2. The Morgan fingerprint density at radius 1 is 0.829 bits per heavy atom. The van der Waals surface area contributed by atoms with E-state index in [0.717, 1.165) is 16.8 Å².